The van der Waals surface area contributed by atoms with E-state index in [1.807, 2.05) is 12.3 Å². The lowest BCUT2D eigenvalue weighted by atomic mass is 9.93. The van der Waals surface area contributed by atoms with Crippen LogP contribution in [0.1, 0.15) is 44.1 Å². The van der Waals surface area contributed by atoms with Crippen molar-refractivity contribution in [2.24, 2.45) is 5.92 Å². The summed E-state index contributed by atoms with van der Waals surface area (Å²) in [5, 5.41) is 11.1. The van der Waals surface area contributed by atoms with Gasteiger partial charge in [-0.15, -0.1) is 0 Å². The van der Waals surface area contributed by atoms with Crippen LogP contribution in [0.5, 0.6) is 0 Å². The fourth-order valence-corrected chi connectivity index (χ4v) is 6.72. The number of methoxy groups -OCH3 is 1. The molecule has 1 aliphatic carbocycles. The Bertz CT molecular complexity index is 1040. The number of unbranched alkanes of at least 4 members (excludes halogenated alkanes) is 1. The molecule has 1 heterocycles. The van der Waals surface area contributed by atoms with Crippen molar-refractivity contribution < 1.29 is 24.1 Å². The molecule has 4 rings (SSSR count). The zero-order chi connectivity index (χ0) is 28.2. The van der Waals surface area contributed by atoms with Gasteiger partial charge in [-0.2, -0.15) is 11.8 Å². The fraction of sp³-hybridized carbons (Fsp3) is 0.545. The van der Waals surface area contributed by atoms with Crippen molar-refractivity contribution >= 4 is 17.7 Å². The largest absolute Gasteiger partial charge is 0.468 e. The van der Waals surface area contributed by atoms with Crippen LogP contribution in [0.3, 0.4) is 0 Å². The number of carbonyl (C=O) groups excluding carboxylic acids is 1. The molecule has 2 aromatic rings. The fourth-order valence-electron chi connectivity index (χ4n) is 6.03. The van der Waals surface area contributed by atoms with E-state index in [2.05, 4.69) is 65.6 Å². The van der Waals surface area contributed by atoms with E-state index in [1.165, 1.54) is 18.2 Å². The molecular formula is C33H45NO5S. The summed E-state index contributed by atoms with van der Waals surface area (Å²) in [6.07, 6.45) is 11.4. The van der Waals surface area contributed by atoms with E-state index in [0.717, 1.165) is 64.0 Å². The standard InChI is InChI=1S/C33H45NO5S/c1-37-33(36)31(40-2)14-10-5-3-4-9-13-28-30(23-29(35)32(28)34-19-21-38-22-20-34)39-24-25-15-17-27(18-16-25)26-11-7-6-8-12-26/h3-4,6-8,11-12,15-18,28-32,35H,5,9-10,13-14,19-24H2,1-2H3/t28-,29+,30-,31?,32+/m0/s1. The molecule has 1 N–H and O–H groups in total. The number of aliphatic hydroxyl groups is 1. The molecule has 1 saturated carbocycles. The van der Waals surface area contributed by atoms with Gasteiger partial charge in [-0.1, -0.05) is 66.7 Å². The number of morpholine rings is 1. The van der Waals surface area contributed by atoms with E-state index in [-0.39, 0.29) is 35.4 Å². The van der Waals surface area contributed by atoms with Gasteiger partial charge in [0.05, 0.1) is 39.1 Å². The maximum atomic E-state index is 11.8. The van der Waals surface area contributed by atoms with Crippen LogP contribution in [0, 0.1) is 5.92 Å². The smallest absolute Gasteiger partial charge is 0.318 e. The van der Waals surface area contributed by atoms with Crippen LogP contribution in [0.2, 0.25) is 0 Å². The molecule has 0 amide bonds. The molecule has 0 bridgehead atoms. The van der Waals surface area contributed by atoms with Crippen LogP contribution < -0.4 is 0 Å². The Morgan fingerprint density at radius 2 is 1.77 bits per heavy atom. The average molecular weight is 568 g/mol. The number of esters is 1. The molecule has 218 valence electrons. The van der Waals surface area contributed by atoms with Crippen molar-refractivity contribution in [3.8, 4) is 11.1 Å². The minimum absolute atomic E-state index is 0.0208. The number of rotatable bonds is 14. The van der Waals surface area contributed by atoms with Crippen molar-refractivity contribution in [2.45, 2.75) is 68.6 Å². The molecule has 5 atom stereocenters. The number of aliphatic hydroxyl groups excluding tert-OH is 1. The number of hydrogen-bond acceptors (Lipinski definition) is 7. The highest BCUT2D eigenvalue weighted by Gasteiger charge is 2.45. The van der Waals surface area contributed by atoms with Crippen LogP contribution in [-0.4, -0.2) is 79.1 Å². The van der Waals surface area contributed by atoms with Gasteiger partial charge in [0.2, 0.25) is 0 Å². The van der Waals surface area contributed by atoms with E-state index < -0.39 is 0 Å². The van der Waals surface area contributed by atoms with Gasteiger partial charge in [0.25, 0.3) is 0 Å². The summed E-state index contributed by atoms with van der Waals surface area (Å²) in [4.78, 5) is 14.2. The summed E-state index contributed by atoms with van der Waals surface area (Å²) in [6.45, 7) is 3.71. The highest BCUT2D eigenvalue weighted by atomic mass is 32.2. The number of benzene rings is 2. The monoisotopic (exact) mass is 567 g/mol. The molecule has 0 radical (unpaired) electrons. The van der Waals surface area contributed by atoms with Crippen LogP contribution in [0.15, 0.2) is 66.7 Å². The van der Waals surface area contributed by atoms with Gasteiger partial charge in [0.15, 0.2) is 0 Å². The van der Waals surface area contributed by atoms with Crippen molar-refractivity contribution in [1.82, 2.24) is 4.90 Å². The zero-order valence-electron chi connectivity index (χ0n) is 24.0. The Labute approximate surface area is 244 Å². The maximum Gasteiger partial charge on any atom is 0.318 e. The van der Waals surface area contributed by atoms with E-state index in [9.17, 15) is 9.90 Å². The Morgan fingerprint density at radius 3 is 2.48 bits per heavy atom. The van der Waals surface area contributed by atoms with Crippen molar-refractivity contribution in [3.05, 3.63) is 72.3 Å². The highest BCUT2D eigenvalue weighted by Crippen LogP contribution is 2.37. The quantitative estimate of drug-likeness (QED) is 0.178. The Kier molecular flexibility index (Phi) is 12.6. The zero-order valence-corrected chi connectivity index (χ0v) is 24.8. The van der Waals surface area contributed by atoms with E-state index in [0.29, 0.717) is 13.0 Å². The molecule has 2 aromatic carbocycles. The van der Waals surface area contributed by atoms with Crippen LogP contribution >= 0.6 is 11.8 Å². The van der Waals surface area contributed by atoms with E-state index in [4.69, 9.17) is 14.2 Å². The number of hydrogen-bond donors (Lipinski definition) is 1. The number of carbonyl (C=O) groups is 1. The first-order chi connectivity index (χ1) is 19.6. The lowest BCUT2D eigenvalue weighted by molar-refractivity contribution is -0.140. The second kappa shape index (κ2) is 16.3. The third-order valence-corrected chi connectivity index (χ3v) is 9.19. The van der Waals surface area contributed by atoms with Gasteiger partial charge in [0, 0.05) is 31.5 Å². The van der Waals surface area contributed by atoms with Crippen molar-refractivity contribution in [1.29, 1.82) is 0 Å². The summed E-state index contributed by atoms with van der Waals surface area (Å²) in [6, 6.07) is 19.1. The van der Waals surface area contributed by atoms with Crippen LogP contribution in [-0.2, 0) is 25.6 Å². The van der Waals surface area contributed by atoms with Crippen molar-refractivity contribution in [3.63, 3.8) is 0 Å². The molecule has 2 aliphatic rings. The predicted octanol–water partition coefficient (Wildman–Crippen LogP) is 5.73. The molecule has 40 heavy (non-hydrogen) atoms. The number of ether oxygens (including phenoxy) is 3. The Morgan fingerprint density at radius 1 is 1.07 bits per heavy atom. The molecule has 7 heteroatoms. The Balaban J connectivity index is 1.32. The lowest BCUT2D eigenvalue weighted by Gasteiger charge is -2.38. The molecule has 1 aliphatic heterocycles. The summed E-state index contributed by atoms with van der Waals surface area (Å²) < 4.78 is 17.0. The van der Waals surface area contributed by atoms with Crippen LogP contribution in [0.4, 0.5) is 0 Å². The van der Waals surface area contributed by atoms with Crippen molar-refractivity contribution in [2.75, 3.05) is 39.7 Å². The summed E-state index contributed by atoms with van der Waals surface area (Å²) in [5.41, 5.74) is 3.56. The third-order valence-electron chi connectivity index (χ3n) is 8.20. The summed E-state index contributed by atoms with van der Waals surface area (Å²) >= 11 is 1.55. The first kappa shape index (κ1) is 30.8. The molecule has 0 spiro atoms. The first-order valence-electron chi connectivity index (χ1n) is 14.6. The Hall–Kier alpha value is -2.16. The number of allylic oxidation sites excluding steroid dienone is 2. The molecule has 1 unspecified atom stereocenters. The molecule has 0 aromatic heterocycles. The van der Waals surface area contributed by atoms with E-state index >= 15 is 0 Å². The SMILES string of the molecule is COC(=O)C(CCCC=CCC[C@@H]1[C@@H](N2CCOCC2)[C@H](O)C[C@@H]1OCc1ccc(-c2ccccc2)cc1)SC. The molecule has 6 nitrogen and oxygen atoms in total. The summed E-state index contributed by atoms with van der Waals surface area (Å²) in [7, 11) is 1.45. The molecule has 1 saturated heterocycles. The van der Waals surface area contributed by atoms with Gasteiger partial charge in [0.1, 0.15) is 5.25 Å². The minimum atomic E-state index is -0.390. The third kappa shape index (κ3) is 8.67. The second-order valence-corrected chi connectivity index (χ2v) is 11.8. The predicted molar refractivity (Wildman–Crippen MR) is 162 cm³/mol. The van der Waals surface area contributed by atoms with Gasteiger partial charge in [-0.05, 0) is 55.1 Å². The maximum absolute atomic E-state index is 11.8. The first-order valence-corrected chi connectivity index (χ1v) is 15.9. The van der Waals surface area contributed by atoms with Gasteiger partial charge >= 0.3 is 5.97 Å². The van der Waals surface area contributed by atoms with E-state index in [1.54, 1.807) is 11.8 Å². The number of nitrogens with zero attached hydrogens (tertiary/aromatic N) is 1. The minimum Gasteiger partial charge on any atom is -0.468 e. The molecule has 2 fully saturated rings. The topological polar surface area (TPSA) is 68.2 Å². The molecular weight excluding hydrogens is 522 g/mol. The summed E-state index contributed by atoms with van der Waals surface area (Å²) in [5.74, 6) is 0.130. The van der Waals surface area contributed by atoms with Gasteiger partial charge in [-0.3, -0.25) is 9.69 Å². The lowest BCUT2D eigenvalue weighted by Crippen LogP contribution is -2.50. The number of thioether (sulfide) groups is 1. The van der Waals surface area contributed by atoms with Crippen LogP contribution in [0.25, 0.3) is 11.1 Å². The average Bonchev–Trinajstić information content (AvgIpc) is 3.32. The second-order valence-electron chi connectivity index (χ2n) is 10.7. The van der Waals surface area contributed by atoms with Gasteiger partial charge < -0.3 is 19.3 Å². The highest BCUT2D eigenvalue weighted by molar-refractivity contribution is 7.99. The van der Waals surface area contributed by atoms with Gasteiger partial charge in [-0.25, -0.2) is 0 Å². The normalized spacial score (nSPS) is 24.4.